The van der Waals surface area contributed by atoms with Crippen molar-refractivity contribution in [3.63, 3.8) is 0 Å². The fraction of sp³-hybridized carbons (Fsp3) is 0.500. The Labute approximate surface area is 128 Å². The van der Waals surface area contributed by atoms with E-state index in [1.807, 2.05) is 0 Å². The van der Waals surface area contributed by atoms with Crippen molar-refractivity contribution in [1.82, 2.24) is 10.2 Å². The van der Waals surface area contributed by atoms with Crippen LogP contribution in [0, 0.1) is 17.6 Å². The van der Waals surface area contributed by atoms with E-state index in [0.29, 0.717) is 12.0 Å². The summed E-state index contributed by atoms with van der Waals surface area (Å²) in [7, 11) is 0. The van der Waals surface area contributed by atoms with Gasteiger partial charge in [-0.2, -0.15) is 0 Å². The van der Waals surface area contributed by atoms with Crippen molar-refractivity contribution in [3.8, 4) is 0 Å². The number of benzene rings is 1. The highest BCUT2D eigenvalue weighted by Crippen LogP contribution is 2.16. The van der Waals surface area contributed by atoms with Crippen LogP contribution in [0.15, 0.2) is 18.2 Å². The molecule has 0 radical (unpaired) electrons. The molecular formula is C16H20F2N2O2. The Kier molecular flexibility index (Phi) is 5.46. The molecule has 0 saturated carbocycles. The number of nitrogens with one attached hydrogen (secondary N) is 1. The van der Waals surface area contributed by atoms with Crippen LogP contribution in [0.25, 0.3) is 0 Å². The summed E-state index contributed by atoms with van der Waals surface area (Å²) in [6.07, 6.45) is 2.31. The lowest BCUT2D eigenvalue weighted by atomic mass is 10.00. The van der Waals surface area contributed by atoms with E-state index >= 15 is 0 Å². The zero-order valence-electron chi connectivity index (χ0n) is 12.6. The first-order valence-corrected chi connectivity index (χ1v) is 7.48. The third kappa shape index (κ3) is 4.26. The van der Waals surface area contributed by atoms with Crippen molar-refractivity contribution in [3.05, 3.63) is 35.4 Å². The normalized spacial score (nSPS) is 18.1. The number of hydrogen-bond acceptors (Lipinski definition) is 2. The average molecular weight is 310 g/mol. The van der Waals surface area contributed by atoms with E-state index < -0.39 is 17.5 Å². The molecule has 1 aliphatic heterocycles. The van der Waals surface area contributed by atoms with Crippen LogP contribution in [0.4, 0.5) is 8.78 Å². The van der Waals surface area contributed by atoms with Gasteiger partial charge < -0.3 is 10.2 Å². The maximum absolute atomic E-state index is 13.4. The molecule has 22 heavy (non-hydrogen) atoms. The van der Waals surface area contributed by atoms with Crippen molar-refractivity contribution >= 4 is 11.8 Å². The number of likely N-dealkylation sites (tertiary alicyclic amines) is 1. The summed E-state index contributed by atoms with van der Waals surface area (Å²) in [5.74, 6) is -1.79. The van der Waals surface area contributed by atoms with E-state index in [2.05, 4.69) is 12.2 Å². The molecule has 1 saturated heterocycles. The predicted octanol–water partition coefficient (Wildman–Crippen LogP) is 2.34. The van der Waals surface area contributed by atoms with E-state index in [1.165, 1.54) is 0 Å². The van der Waals surface area contributed by atoms with E-state index in [-0.39, 0.29) is 24.4 Å². The van der Waals surface area contributed by atoms with Gasteiger partial charge >= 0.3 is 0 Å². The topological polar surface area (TPSA) is 49.4 Å². The number of carbonyl (C=O) groups excluding carboxylic acids is 2. The maximum Gasteiger partial charge on any atom is 0.254 e. The minimum Gasteiger partial charge on any atom is -0.351 e. The predicted molar refractivity (Wildman–Crippen MR) is 78.3 cm³/mol. The maximum atomic E-state index is 13.4. The second kappa shape index (κ2) is 7.33. The van der Waals surface area contributed by atoms with Crippen molar-refractivity contribution in [1.29, 1.82) is 0 Å². The highest BCUT2D eigenvalue weighted by molar-refractivity contribution is 5.94. The van der Waals surface area contributed by atoms with Crippen molar-refractivity contribution in [2.45, 2.75) is 26.2 Å². The molecular weight excluding hydrogens is 290 g/mol. The lowest BCUT2D eigenvalue weighted by Crippen LogP contribution is -2.40. The number of halogens is 2. The summed E-state index contributed by atoms with van der Waals surface area (Å²) in [6.45, 7) is 3.75. The summed E-state index contributed by atoms with van der Waals surface area (Å²) < 4.78 is 26.2. The van der Waals surface area contributed by atoms with Crippen LogP contribution in [0.5, 0.6) is 0 Å². The third-order valence-corrected chi connectivity index (χ3v) is 3.81. The molecule has 1 atom stereocenters. The average Bonchev–Trinajstić information content (AvgIpc) is 2.46. The molecule has 120 valence electrons. The minimum atomic E-state index is -0.909. The molecule has 0 spiro atoms. The van der Waals surface area contributed by atoms with Crippen LogP contribution in [-0.4, -0.2) is 36.3 Å². The molecule has 4 nitrogen and oxygen atoms in total. The van der Waals surface area contributed by atoms with E-state index in [9.17, 15) is 18.4 Å². The first-order valence-electron chi connectivity index (χ1n) is 7.48. The highest BCUT2D eigenvalue weighted by Gasteiger charge is 2.20. The Hall–Kier alpha value is -1.98. The zero-order valence-corrected chi connectivity index (χ0v) is 12.6. The number of hydrogen-bond donors (Lipinski definition) is 1. The van der Waals surface area contributed by atoms with Gasteiger partial charge in [0.2, 0.25) is 5.91 Å². The van der Waals surface area contributed by atoms with Gasteiger partial charge in [-0.15, -0.1) is 0 Å². The van der Waals surface area contributed by atoms with E-state index in [4.69, 9.17) is 0 Å². The monoisotopic (exact) mass is 310 g/mol. The molecule has 2 rings (SSSR count). The fourth-order valence-electron chi connectivity index (χ4n) is 2.63. The Morgan fingerprint density at radius 3 is 2.82 bits per heavy atom. The molecule has 0 bridgehead atoms. The molecule has 1 unspecified atom stereocenters. The van der Waals surface area contributed by atoms with Crippen LogP contribution in [-0.2, 0) is 4.79 Å². The molecule has 1 aromatic carbocycles. The number of amides is 2. The lowest BCUT2D eigenvalue weighted by Gasteiger charge is -2.31. The molecule has 0 aliphatic carbocycles. The quantitative estimate of drug-likeness (QED) is 0.928. The van der Waals surface area contributed by atoms with Crippen molar-refractivity contribution in [2.75, 3.05) is 19.6 Å². The summed E-state index contributed by atoms with van der Waals surface area (Å²) in [6, 6.07) is 2.78. The molecule has 1 aromatic rings. The molecule has 0 aromatic heterocycles. The smallest absolute Gasteiger partial charge is 0.254 e. The molecule has 1 heterocycles. The largest absolute Gasteiger partial charge is 0.351 e. The molecule has 2 amide bonds. The molecule has 1 fully saturated rings. The van der Waals surface area contributed by atoms with Crippen molar-refractivity contribution in [2.24, 2.45) is 5.92 Å². The molecule has 1 N–H and O–H groups in total. The highest BCUT2D eigenvalue weighted by atomic mass is 19.1. The van der Waals surface area contributed by atoms with Gasteiger partial charge in [0.25, 0.3) is 5.91 Å². The first-order chi connectivity index (χ1) is 10.5. The minimum absolute atomic E-state index is 0.00794. The SMILES string of the molecule is CC1CCCN(C(=O)CCNC(=O)c2ccc(F)cc2F)C1. The summed E-state index contributed by atoms with van der Waals surface area (Å²) in [5, 5.41) is 2.49. The van der Waals surface area contributed by atoms with Gasteiger partial charge in [-0.1, -0.05) is 6.92 Å². The number of nitrogens with zero attached hydrogens (tertiary/aromatic N) is 1. The fourth-order valence-corrected chi connectivity index (χ4v) is 2.63. The van der Waals surface area contributed by atoms with Gasteiger partial charge in [-0.05, 0) is 30.9 Å². The third-order valence-electron chi connectivity index (χ3n) is 3.81. The number of rotatable bonds is 4. The van der Waals surface area contributed by atoms with Crippen molar-refractivity contribution < 1.29 is 18.4 Å². The second-order valence-corrected chi connectivity index (χ2v) is 5.72. The molecule has 6 heteroatoms. The zero-order chi connectivity index (χ0) is 16.1. The first kappa shape index (κ1) is 16.4. The Morgan fingerprint density at radius 2 is 2.14 bits per heavy atom. The Bertz CT molecular complexity index is 563. The van der Waals surface area contributed by atoms with Crippen LogP contribution in [0.1, 0.15) is 36.5 Å². The van der Waals surface area contributed by atoms with E-state index in [0.717, 1.165) is 38.1 Å². The number of piperidine rings is 1. The summed E-state index contributed by atoms with van der Waals surface area (Å²) in [4.78, 5) is 25.6. The van der Waals surface area contributed by atoms with Gasteiger partial charge in [0.15, 0.2) is 0 Å². The van der Waals surface area contributed by atoms with Crippen LogP contribution in [0.3, 0.4) is 0 Å². The van der Waals surface area contributed by atoms with Crippen LogP contribution in [0.2, 0.25) is 0 Å². The van der Waals surface area contributed by atoms with Gasteiger partial charge in [-0.25, -0.2) is 8.78 Å². The standard InChI is InChI=1S/C16H20F2N2O2/c1-11-3-2-8-20(10-11)15(21)6-7-19-16(22)13-5-4-12(17)9-14(13)18/h4-5,9,11H,2-3,6-8,10H2,1H3,(H,19,22). The van der Waals surface area contributed by atoms with Crippen LogP contribution < -0.4 is 5.32 Å². The van der Waals surface area contributed by atoms with Gasteiger partial charge in [-0.3, -0.25) is 9.59 Å². The van der Waals surface area contributed by atoms with Gasteiger partial charge in [0, 0.05) is 32.1 Å². The van der Waals surface area contributed by atoms with Gasteiger partial charge in [0.1, 0.15) is 11.6 Å². The lowest BCUT2D eigenvalue weighted by molar-refractivity contribution is -0.132. The molecule has 1 aliphatic rings. The summed E-state index contributed by atoms with van der Waals surface area (Å²) in [5.41, 5.74) is -0.222. The second-order valence-electron chi connectivity index (χ2n) is 5.72. The number of carbonyl (C=O) groups is 2. The van der Waals surface area contributed by atoms with E-state index in [1.54, 1.807) is 4.90 Å². The Balaban J connectivity index is 1.80. The van der Waals surface area contributed by atoms with Crippen LogP contribution >= 0.6 is 0 Å². The summed E-state index contributed by atoms with van der Waals surface area (Å²) >= 11 is 0. The Morgan fingerprint density at radius 1 is 1.36 bits per heavy atom. The van der Waals surface area contributed by atoms with Gasteiger partial charge in [0.05, 0.1) is 5.56 Å².